The molecular weight excluding hydrogens is 386 g/mol. The summed E-state index contributed by atoms with van der Waals surface area (Å²) in [5, 5.41) is 15.5. The van der Waals surface area contributed by atoms with Crippen molar-refractivity contribution in [1.29, 1.82) is 5.26 Å². The van der Waals surface area contributed by atoms with Crippen LogP contribution in [0.4, 0.5) is 0 Å². The maximum atomic E-state index is 12.7. The van der Waals surface area contributed by atoms with Gasteiger partial charge in [-0.2, -0.15) is 5.26 Å². The van der Waals surface area contributed by atoms with Gasteiger partial charge in [0.05, 0.1) is 29.2 Å². The van der Waals surface area contributed by atoms with Crippen molar-refractivity contribution in [1.82, 2.24) is 10.6 Å². The summed E-state index contributed by atoms with van der Waals surface area (Å²) in [7, 11) is -3.29. The number of nitrogens with one attached hydrogen (secondary N) is 2. The molecule has 1 heterocycles. The smallest absolute Gasteiger partial charge is 0.251 e. The van der Waals surface area contributed by atoms with Crippen LogP contribution in [0.2, 0.25) is 0 Å². The molecule has 1 saturated heterocycles. The number of benzene rings is 2. The Bertz CT molecular complexity index is 987. The molecule has 29 heavy (non-hydrogen) atoms. The van der Waals surface area contributed by atoms with Gasteiger partial charge in [0.1, 0.15) is 0 Å². The number of sulfone groups is 1. The van der Waals surface area contributed by atoms with Gasteiger partial charge in [-0.15, -0.1) is 0 Å². The van der Waals surface area contributed by atoms with Crippen LogP contribution in [0.5, 0.6) is 0 Å². The van der Waals surface area contributed by atoms with Gasteiger partial charge in [0.15, 0.2) is 9.84 Å². The molecule has 0 bridgehead atoms. The molecule has 0 aromatic heterocycles. The van der Waals surface area contributed by atoms with Crippen molar-refractivity contribution in [2.24, 2.45) is 0 Å². The molecule has 152 valence electrons. The van der Waals surface area contributed by atoms with Crippen molar-refractivity contribution in [2.75, 3.05) is 12.3 Å². The fraction of sp³-hybridized carbons (Fsp3) is 0.364. The molecule has 1 unspecified atom stereocenters. The first-order chi connectivity index (χ1) is 13.9. The van der Waals surface area contributed by atoms with Crippen LogP contribution in [0.1, 0.15) is 59.8 Å². The lowest BCUT2D eigenvalue weighted by molar-refractivity contribution is 0.0937. The lowest BCUT2D eigenvalue weighted by Crippen LogP contribution is -2.28. The van der Waals surface area contributed by atoms with Crippen LogP contribution in [-0.2, 0) is 9.84 Å². The molecule has 0 radical (unpaired) electrons. The number of nitrogens with zero attached hydrogens (tertiary/aromatic N) is 1. The Balaban J connectivity index is 1.73. The van der Waals surface area contributed by atoms with E-state index >= 15 is 0 Å². The first kappa shape index (κ1) is 21.0. The molecule has 2 aromatic rings. The zero-order valence-corrected chi connectivity index (χ0v) is 17.2. The van der Waals surface area contributed by atoms with Crippen molar-refractivity contribution in [3.05, 3.63) is 65.2 Å². The van der Waals surface area contributed by atoms with E-state index in [0.717, 1.165) is 19.4 Å². The third-order valence-electron chi connectivity index (χ3n) is 5.26. The zero-order valence-electron chi connectivity index (χ0n) is 16.4. The second kappa shape index (κ2) is 9.21. The van der Waals surface area contributed by atoms with Gasteiger partial charge in [-0.25, -0.2) is 8.42 Å². The average Bonchev–Trinajstić information content (AvgIpc) is 3.28. The van der Waals surface area contributed by atoms with E-state index in [4.69, 9.17) is 5.26 Å². The van der Waals surface area contributed by atoms with Crippen molar-refractivity contribution < 1.29 is 13.2 Å². The second-order valence-corrected chi connectivity index (χ2v) is 9.41. The Kier molecular flexibility index (Phi) is 6.68. The molecule has 1 amide bonds. The van der Waals surface area contributed by atoms with E-state index in [1.807, 2.05) is 12.1 Å². The quantitative estimate of drug-likeness (QED) is 0.728. The van der Waals surface area contributed by atoms with Gasteiger partial charge in [-0.1, -0.05) is 31.2 Å². The number of rotatable bonds is 7. The number of hydrogen-bond donors (Lipinski definition) is 2. The van der Waals surface area contributed by atoms with Gasteiger partial charge >= 0.3 is 0 Å². The van der Waals surface area contributed by atoms with Gasteiger partial charge in [0, 0.05) is 11.6 Å². The van der Waals surface area contributed by atoms with Gasteiger partial charge < -0.3 is 10.6 Å². The van der Waals surface area contributed by atoms with Crippen LogP contribution < -0.4 is 10.6 Å². The van der Waals surface area contributed by atoms with E-state index in [9.17, 15) is 13.2 Å². The van der Waals surface area contributed by atoms with Crippen molar-refractivity contribution >= 4 is 15.7 Å². The van der Waals surface area contributed by atoms with Crippen LogP contribution in [-0.4, -0.2) is 26.6 Å². The molecule has 0 aliphatic carbocycles. The topological polar surface area (TPSA) is 99.1 Å². The van der Waals surface area contributed by atoms with Crippen molar-refractivity contribution in [3.8, 4) is 6.07 Å². The Hall–Kier alpha value is -2.69. The lowest BCUT2D eigenvalue weighted by atomic mass is 10.0. The first-order valence-corrected chi connectivity index (χ1v) is 11.4. The Morgan fingerprint density at radius 1 is 1.21 bits per heavy atom. The van der Waals surface area contributed by atoms with E-state index in [2.05, 4.69) is 16.7 Å². The number of hydrogen-bond acceptors (Lipinski definition) is 5. The number of carbonyl (C=O) groups is 1. The minimum atomic E-state index is -3.29. The molecule has 0 spiro atoms. The highest BCUT2D eigenvalue weighted by Gasteiger charge is 2.19. The molecule has 2 atom stereocenters. The number of amides is 1. The van der Waals surface area contributed by atoms with E-state index in [-0.39, 0.29) is 23.0 Å². The second-order valence-electron chi connectivity index (χ2n) is 7.13. The molecule has 1 aliphatic rings. The Labute approximate surface area is 171 Å². The fourth-order valence-electron chi connectivity index (χ4n) is 3.50. The normalized spacial score (nSPS) is 17.4. The van der Waals surface area contributed by atoms with Crippen LogP contribution in [0.3, 0.4) is 0 Å². The maximum absolute atomic E-state index is 12.7. The zero-order chi connectivity index (χ0) is 20.9. The van der Waals surface area contributed by atoms with Gasteiger partial charge in [0.2, 0.25) is 0 Å². The summed E-state index contributed by atoms with van der Waals surface area (Å²) in [4.78, 5) is 12.9. The molecule has 6 nitrogen and oxygen atoms in total. The van der Waals surface area contributed by atoms with Crippen LogP contribution in [0.15, 0.2) is 53.4 Å². The minimum Gasteiger partial charge on any atom is -0.344 e. The molecule has 3 rings (SSSR count). The fourth-order valence-corrected chi connectivity index (χ4v) is 4.38. The summed E-state index contributed by atoms with van der Waals surface area (Å²) in [5.74, 6) is -0.238. The monoisotopic (exact) mass is 411 g/mol. The molecule has 1 aliphatic heterocycles. The van der Waals surface area contributed by atoms with Crippen molar-refractivity contribution in [3.63, 3.8) is 0 Å². The highest BCUT2D eigenvalue weighted by molar-refractivity contribution is 7.91. The van der Waals surface area contributed by atoms with Gasteiger partial charge in [-0.05, 0) is 54.8 Å². The first-order valence-electron chi connectivity index (χ1n) is 9.78. The van der Waals surface area contributed by atoms with Crippen LogP contribution in [0, 0.1) is 11.3 Å². The summed E-state index contributed by atoms with van der Waals surface area (Å²) < 4.78 is 23.9. The third-order valence-corrected chi connectivity index (χ3v) is 7.01. The van der Waals surface area contributed by atoms with E-state index < -0.39 is 15.9 Å². The lowest BCUT2D eigenvalue weighted by Gasteiger charge is -2.17. The Morgan fingerprint density at radius 3 is 2.45 bits per heavy atom. The highest BCUT2D eigenvalue weighted by atomic mass is 32.2. The largest absolute Gasteiger partial charge is 0.344 e. The minimum absolute atomic E-state index is 0.0249. The molecule has 2 aromatic carbocycles. The molecule has 7 heteroatoms. The predicted molar refractivity (Wildman–Crippen MR) is 111 cm³/mol. The summed E-state index contributed by atoms with van der Waals surface area (Å²) in [6.07, 6.45) is 2.34. The molecular formula is C22H25N3O3S. The SMILES string of the molecule is CCS(=O)(=O)c1ccc([C@H](CC#N)NC(=O)c2ccc(C3CCCN3)cc2)cc1. The predicted octanol–water partition coefficient (Wildman–Crippen LogP) is 3.29. The standard InChI is InChI=1S/C22H25N3O3S/c1-2-29(27,28)19-11-9-17(10-12-19)21(13-14-23)25-22(26)18-7-5-16(6-8-18)20-4-3-15-24-20/h5-12,20-21,24H,2-4,13,15H2,1H3,(H,25,26)/t20?,21-/m0/s1. The van der Waals surface area contributed by atoms with E-state index in [0.29, 0.717) is 17.2 Å². The molecule has 1 fully saturated rings. The maximum Gasteiger partial charge on any atom is 0.251 e. The third kappa shape index (κ3) is 5.03. The van der Waals surface area contributed by atoms with Crippen molar-refractivity contribution in [2.45, 2.75) is 43.2 Å². The Morgan fingerprint density at radius 2 is 1.90 bits per heavy atom. The summed E-state index contributed by atoms with van der Waals surface area (Å²) in [5.41, 5.74) is 2.39. The van der Waals surface area contributed by atoms with Crippen LogP contribution in [0.25, 0.3) is 0 Å². The van der Waals surface area contributed by atoms with E-state index in [1.165, 1.54) is 17.7 Å². The van der Waals surface area contributed by atoms with Crippen LogP contribution >= 0.6 is 0 Å². The van der Waals surface area contributed by atoms with Gasteiger partial charge in [0.25, 0.3) is 5.91 Å². The summed E-state index contributed by atoms with van der Waals surface area (Å²) >= 11 is 0. The van der Waals surface area contributed by atoms with Gasteiger partial charge in [-0.3, -0.25) is 4.79 Å². The van der Waals surface area contributed by atoms with E-state index in [1.54, 1.807) is 31.2 Å². The summed E-state index contributed by atoms with van der Waals surface area (Å²) in [6, 6.07) is 15.8. The average molecular weight is 412 g/mol. The number of nitriles is 1. The molecule has 2 N–H and O–H groups in total. The molecule has 0 saturated carbocycles. The summed E-state index contributed by atoms with van der Waals surface area (Å²) in [6.45, 7) is 2.61. The number of carbonyl (C=O) groups excluding carboxylic acids is 1. The highest BCUT2D eigenvalue weighted by Crippen LogP contribution is 2.24.